The van der Waals surface area contributed by atoms with Crippen LogP contribution in [0.15, 0.2) is 12.2 Å². The first-order chi connectivity index (χ1) is 29.5. The summed E-state index contributed by atoms with van der Waals surface area (Å²) >= 11 is 0. The zero-order valence-corrected chi connectivity index (χ0v) is 40.5. The van der Waals surface area contributed by atoms with Crippen LogP contribution in [0.25, 0.3) is 0 Å². The summed E-state index contributed by atoms with van der Waals surface area (Å²) in [6.45, 7) is 4.08. The highest BCUT2D eigenvalue weighted by atomic mass is 16.3. The molecule has 4 atom stereocenters. The first-order valence-electron chi connectivity index (χ1n) is 27.1. The van der Waals surface area contributed by atoms with Crippen molar-refractivity contribution < 1.29 is 25.2 Å². The lowest BCUT2D eigenvalue weighted by molar-refractivity contribution is -0.132. The molecule has 0 aromatic heterocycles. The van der Waals surface area contributed by atoms with Crippen LogP contribution in [-0.4, -0.2) is 57.3 Å². The summed E-state index contributed by atoms with van der Waals surface area (Å²) in [4.78, 5) is 12.6. The van der Waals surface area contributed by atoms with Crippen molar-refractivity contribution in [3.05, 3.63) is 12.2 Å². The summed E-state index contributed by atoms with van der Waals surface area (Å²) in [6, 6.07) is -0.998. The molecule has 0 aliphatic rings. The van der Waals surface area contributed by atoms with Crippen LogP contribution >= 0.6 is 0 Å². The fourth-order valence-electron chi connectivity index (χ4n) is 8.70. The van der Waals surface area contributed by atoms with Gasteiger partial charge in [0.05, 0.1) is 18.8 Å². The van der Waals surface area contributed by atoms with Crippen LogP contribution in [-0.2, 0) is 4.79 Å². The minimum atomic E-state index is -1.28. The third kappa shape index (κ3) is 42.4. The number of allylic oxidation sites excluding steroid dienone is 2. The van der Waals surface area contributed by atoms with E-state index >= 15 is 0 Å². The Labute approximate surface area is 374 Å². The molecule has 1 amide bonds. The van der Waals surface area contributed by atoms with Crippen LogP contribution in [0.4, 0.5) is 0 Å². The van der Waals surface area contributed by atoms with E-state index in [1.807, 2.05) is 0 Å². The molecule has 0 saturated carbocycles. The maximum absolute atomic E-state index is 12.6. The Hall–Kier alpha value is -0.950. The van der Waals surface area contributed by atoms with Crippen molar-refractivity contribution in [2.75, 3.05) is 6.61 Å². The van der Waals surface area contributed by atoms with E-state index in [2.05, 4.69) is 31.3 Å². The number of aliphatic hydroxyl groups is 4. The van der Waals surface area contributed by atoms with Gasteiger partial charge in [0, 0.05) is 0 Å². The molecule has 0 heterocycles. The van der Waals surface area contributed by atoms with Gasteiger partial charge in [-0.1, -0.05) is 270 Å². The average molecular weight is 850 g/mol. The molecule has 5 N–H and O–H groups in total. The van der Waals surface area contributed by atoms with E-state index in [0.29, 0.717) is 12.8 Å². The molecule has 0 saturated heterocycles. The number of nitrogens with one attached hydrogen (secondary N) is 1. The monoisotopic (exact) mass is 850 g/mol. The zero-order valence-electron chi connectivity index (χ0n) is 40.5. The molecule has 0 bridgehead atoms. The molecule has 4 unspecified atom stereocenters. The number of unbranched alkanes of at least 4 members (excludes halogenated alkanes) is 39. The number of hydrogen-bond donors (Lipinski definition) is 5. The predicted octanol–water partition coefficient (Wildman–Crippen LogP) is 15.3. The Morgan fingerprint density at radius 1 is 0.400 bits per heavy atom. The third-order valence-electron chi connectivity index (χ3n) is 13.0. The standard InChI is InChI=1S/C54H107NO5/c1-3-5-7-9-11-13-15-17-19-21-23-24-25-26-27-28-29-30-32-34-36-38-40-42-44-46-48-52(58)54(60)55-50(49-56)53(59)51(57)47-45-43-41-39-37-35-33-31-22-20-18-16-14-12-10-8-6-4-2/h39,41,50-53,56-59H,3-38,40,42-49H2,1-2H3,(H,55,60)/b41-39+. The number of aliphatic hydroxyl groups excluding tert-OH is 4. The average Bonchev–Trinajstić information content (AvgIpc) is 3.25. The molecule has 0 radical (unpaired) electrons. The van der Waals surface area contributed by atoms with E-state index in [1.165, 1.54) is 231 Å². The van der Waals surface area contributed by atoms with Gasteiger partial charge in [-0.3, -0.25) is 4.79 Å². The van der Waals surface area contributed by atoms with E-state index in [4.69, 9.17) is 0 Å². The lowest BCUT2D eigenvalue weighted by atomic mass is 10.00. The SMILES string of the molecule is CCCCCCCCCCCCCCC/C=C/CCCC(O)C(O)C(CO)NC(=O)C(O)CCCCCCCCCCCCCCCCCCCCCCCCCCCC. The fourth-order valence-corrected chi connectivity index (χ4v) is 8.70. The molecule has 0 rings (SSSR count). The minimum Gasteiger partial charge on any atom is -0.394 e. The summed E-state index contributed by atoms with van der Waals surface area (Å²) in [5, 5.41) is 43.9. The van der Waals surface area contributed by atoms with Crippen LogP contribution in [0.2, 0.25) is 0 Å². The van der Waals surface area contributed by atoms with Crippen molar-refractivity contribution in [2.45, 2.75) is 321 Å². The topological polar surface area (TPSA) is 110 Å². The largest absolute Gasteiger partial charge is 0.394 e. The maximum Gasteiger partial charge on any atom is 0.249 e. The molecule has 0 aliphatic heterocycles. The van der Waals surface area contributed by atoms with E-state index in [0.717, 1.165) is 38.5 Å². The number of hydrogen-bond acceptors (Lipinski definition) is 5. The summed E-state index contributed by atoms with van der Waals surface area (Å²) < 4.78 is 0. The molecule has 6 nitrogen and oxygen atoms in total. The highest BCUT2D eigenvalue weighted by Crippen LogP contribution is 2.18. The Kier molecular flexibility index (Phi) is 48.3. The van der Waals surface area contributed by atoms with Crippen molar-refractivity contribution in [2.24, 2.45) is 0 Å². The molecule has 0 spiro atoms. The Bertz CT molecular complexity index is 867. The van der Waals surface area contributed by atoms with Gasteiger partial charge in [0.1, 0.15) is 12.2 Å². The van der Waals surface area contributed by atoms with E-state index in [-0.39, 0.29) is 0 Å². The van der Waals surface area contributed by atoms with Crippen molar-refractivity contribution in [1.29, 1.82) is 0 Å². The van der Waals surface area contributed by atoms with E-state index in [9.17, 15) is 25.2 Å². The second-order valence-electron chi connectivity index (χ2n) is 18.9. The van der Waals surface area contributed by atoms with Crippen LogP contribution in [0.5, 0.6) is 0 Å². The molecule has 6 heteroatoms. The second kappa shape index (κ2) is 49.1. The number of amides is 1. The quantitative estimate of drug-likeness (QED) is 0.0309. The fraction of sp³-hybridized carbons (Fsp3) is 0.944. The molecule has 358 valence electrons. The van der Waals surface area contributed by atoms with Crippen LogP contribution in [0.1, 0.15) is 296 Å². The predicted molar refractivity (Wildman–Crippen MR) is 261 cm³/mol. The van der Waals surface area contributed by atoms with Crippen LogP contribution < -0.4 is 5.32 Å². The minimum absolute atomic E-state index is 0.369. The number of carbonyl (C=O) groups excluding carboxylic acids is 1. The summed E-state index contributed by atoms with van der Waals surface area (Å²) in [5.74, 6) is -0.587. The van der Waals surface area contributed by atoms with Gasteiger partial charge in [-0.15, -0.1) is 0 Å². The second-order valence-corrected chi connectivity index (χ2v) is 18.9. The first-order valence-corrected chi connectivity index (χ1v) is 27.1. The van der Waals surface area contributed by atoms with Gasteiger partial charge in [0.25, 0.3) is 0 Å². The summed E-state index contributed by atoms with van der Waals surface area (Å²) in [6.07, 6.45) is 57.0. The van der Waals surface area contributed by atoms with Crippen LogP contribution in [0, 0.1) is 0 Å². The molecular weight excluding hydrogens is 743 g/mol. The van der Waals surface area contributed by atoms with Gasteiger partial charge < -0.3 is 25.7 Å². The maximum atomic E-state index is 12.6. The molecule has 0 aliphatic carbocycles. The molecular formula is C54H107NO5. The highest BCUT2D eigenvalue weighted by Gasteiger charge is 2.28. The van der Waals surface area contributed by atoms with Gasteiger partial charge in [0.15, 0.2) is 0 Å². The van der Waals surface area contributed by atoms with Gasteiger partial charge in [0.2, 0.25) is 5.91 Å². The van der Waals surface area contributed by atoms with Crippen molar-refractivity contribution in [1.82, 2.24) is 5.32 Å². The third-order valence-corrected chi connectivity index (χ3v) is 13.0. The Morgan fingerprint density at radius 3 is 1.00 bits per heavy atom. The van der Waals surface area contributed by atoms with E-state index in [1.54, 1.807) is 0 Å². The lowest BCUT2D eigenvalue weighted by Gasteiger charge is -2.27. The van der Waals surface area contributed by atoms with Crippen molar-refractivity contribution >= 4 is 5.91 Å². The number of carbonyl (C=O) groups is 1. The highest BCUT2D eigenvalue weighted by molar-refractivity contribution is 5.80. The van der Waals surface area contributed by atoms with Crippen LogP contribution in [0.3, 0.4) is 0 Å². The van der Waals surface area contributed by atoms with Gasteiger partial charge in [-0.2, -0.15) is 0 Å². The Balaban J connectivity index is 3.62. The normalized spacial score (nSPS) is 13.9. The number of rotatable bonds is 50. The molecule has 0 aromatic carbocycles. The molecule has 0 aromatic rings. The van der Waals surface area contributed by atoms with E-state index < -0.39 is 36.9 Å². The van der Waals surface area contributed by atoms with Crippen molar-refractivity contribution in [3.8, 4) is 0 Å². The Morgan fingerprint density at radius 2 is 0.683 bits per heavy atom. The van der Waals surface area contributed by atoms with Gasteiger partial charge in [-0.05, 0) is 38.5 Å². The smallest absolute Gasteiger partial charge is 0.249 e. The summed E-state index contributed by atoms with van der Waals surface area (Å²) in [7, 11) is 0. The zero-order chi connectivity index (χ0) is 43.8. The summed E-state index contributed by atoms with van der Waals surface area (Å²) in [5.41, 5.74) is 0. The molecule has 0 fully saturated rings. The van der Waals surface area contributed by atoms with Crippen molar-refractivity contribution in [3.63, 3.8) is 0 Å². The van der Waals surface area contributed by atoms with Gasteiger partial charge >= 0.3 is 0 Å². The first kappa shape index (κ1) is 59.0. The lowest BCUT2D eigenvalue weighted by Crippen LogP contribution is -2.53. The van der Waals surface area contributed by atoms with Gasteiger partial charge in [-0.25, -0.2) is 0 Å². The molecule has 60 heavy (non-hydrogen) atoms.